The molecule has 2 radical (unpaired) electrons. The van der Waals surface area contributed by atoms with Gasteiger partial charge in [-0.1, -0.05) is 0 Å². The molecule has 30 heavy (non-hydrogen) atoms. The Balaban J connectivity index is 1.55. The first-order chi connectivity index (χ1) is 14.0. The molecule has 6 bridgehead atoms. The van der Waals surface area contributed by atoms with Gasteiger partial charge in [0.1, 0.15) is 0 Å². The van der Waals surface area contributed by atoms with Crippen LogP contribution in [0.15, 0.2) is 0 Å². The van der Waals surface area contributed by atoms with Crippen LogP contribution in [0.2, 0.25) is 0 Å². The van der Waals surface area contributed by atoms with Crippen LogP contribution in [0.25, 0.3) is 0 Å². The standard InChI is InChI=1S/2C6H8O8.2Sb/c2*7-1(3(9)5(11)12)2(8)4(10)6(13)14;;/h2*1-4,7-8H,(H,11,12)(H,13,14);;/q2*-2;2*+4/p-4. The molecule has 0 aromatic rings. The second-order valence-electron chi connectivity index (χ2n) is 6.60. The van der Waals surface area contributed by atoms with E-state index in [-0.39, 0.29) is 0 Å². The summed E-state index contributed by atoms with van der Waals surface area (Å²) >= 11 is -10.7. The molecule has 16 nitrogen and oxygen atoms in total. The molecule has 5 aliphatic rings. The topological polar surface area (TPSA) is 223 Å². The van der Waals surface area contributed by atoms with E-state index in [1.807, 2.05) is 0 Å². The Morgan fingerprint density at radius 3 is 0.867 bits per heavy atom. The molecule has 0 aromatic heterocycles. The molecule has 5 fully saturated rings. The van der Waals surface area contributed by atoms with Crippen molar-refractivity contribution < 1.29 is 63.7 Å². The van der Waals surface area contributed by atoms with Gasteiger partial charge in [0.2, 0.25) is 0 Å². The van der Waals surface area contributed by atoms with Crippen LogP contribution in [0.3, 0.4) is 0 Å². The van der Waals surface area contributed by atoms with Crippen LogP contribution in [0.1, 0.15) is 0 Å². The van der Waals surface area contributed by atoms with E-state index in [1.54, 1.807) is 0 Å². The quantitative estimate of drug-likeness (QED) is 0.178. The molecule has 0 aromatic carbocycles. The van der Waals surface area contributed by atoms with E-state index in [4.69, 9.17) is 24.1 Å². The SMILES string of the molecule is O=C1[O][Sb]23[O]C(=O)C([O]2)C(O)C(O)C2[O][Sb]4([O]C(=O)C([O]4)C(O)C(O)C1[O]3)[O]C2=O. The second kappa shape index (κ2) is 6.85. The number of carbonyl (C=O) groups excluding carboxylic acids is 4. The first kappa shape index (κ1) is 21.1. The van der Waals surface area contributed by atoms with Gasteiger partial charge in [-0.2, -0.15) is 0 Å². The third kappa shape index (κ3) is 2.98. The number of fused-ring (bicyclic) bond motifs is 4. The van der Waals surface area contributed by atoms with Crippen LogP contribution in [-0.2, 0) is 43.3 Å². The van der Waals surface area contributed by atoms with Gasteiger partial charge in [-0.15, -0.1) is 0 Å². The van der Waals surface area contributed by atoms with Crippen LogP contribution in [0, 0.1) is 0 Å². The molecule has 5 saturated heterocycles. The number of rotatable bonds is 0. The molecule has 8 atom stereocenters. The van der Waals surface area contributed by atoms with Crippen LogP contribution in [0.4, 0.5) is 0 Å². The summed E-state index contributed by atoms with van der Waals surface area (Å²) < 4.78 is 40.3. The van der Waals surface area contributed by atoms with Gasteiger partial charge < -0.3 is 0 Å². The molecule has 4 N–H and O–H groups in total. The molecule has 166 valence electrons. The average molecular weight is 656 g/mol. The second-order valence-corrected chi connectivity index (χ2v) is 16.2. The van der Waals surface area contributed by atoms with Gasteiger partial charge in [-0.3, -0.25) is 0 Å². The summed E-state index contributed by atoms with van der Waals surface area (Å²) in [6, 6.07) is 0. The Morgan fingerprint density at radius 2 is 0.667 bits per heavy atom. The van der Waals surface area contributed by atoms with Crippen LogP contribution >= 0.6 is 0 Å². The zero-order chi connectivity index (χ0) is 21.6. The van der Waals surface area contributed by atoms with Crippen molar-refractivity contribution in [1.29, 1.82) is 0 Å². The van der Waals surface area contributed by atoms with E-state index in [2.05, 4.69) is 0 Å². The summed E-state index contributed by atoms with van der Waals surface area (Å²) in [5.74, 6) is -5.06. The first-order valence-corrected chi connectivity index (χ1v) is 16.6. The van der Waals surface area contributed by atoms with Crippen LogP contribution in [-0.4, -0.2) is 134 Å². The third-order valence-electron chi connectivity index (χ3n) is 4.65. The average Bonchev–Trinajstić information content (AvgIpc) is 3.37. The van der Waals surface area contributed by atoms with Crippen molar-refractivity contribution in [3.63, 3.8) is 0 Å². The Hall–Kier alpha value is -0.804. The molecule has 18 heteroatoms. The Bertz CT molecular complexity index is 710. The van der Waals surface area contributed by atoms with Crippen LogP contribution in [0.5, 0.6) is 0 Å². The number of aliphatic hydroxyl groups is 4. The zero-order valence-electron chi connectivity index (χ0n) is 14.2. The zero-order valence-corrected chi connectivity index (χ0v) is 19.3. The monoisotopic (exact) mass is 654 g/mol. The van der Waals surface area contributed by atoms with Crippen molar-refractivity contribution in [1.82, 2.24) is 0 Å². The predicted octanol–water partition coefficient (Wildman–Crippen LogP) is -5.92. The van der Waals surface area contributed by atoms with Crippen molar-refractivity contribution in [3.05, 3.63) is 0 Å². The van der Waals surface area contributed by atoms with E-state index in [9.17, 15) is 39.6 Å². The van der Waals surface area contributed by atoms with Gasteiger partial charge in [-0.05, 0) is 0 Å². The molecule has 0 saturated carbocycles. The normalized spacial score (nSPS) is 52.4. The van der Waals surface area contributed by atoms with E-state index < -0.39 is 114 Å². The molecule has 0 aliphatic carbocycles. The molecule has 5 aliphatic heterocycles. The Labute approximate surface area is 176 Å². The van der Waals surface area contributed by atoms with E-state index in [0.717, 1.165) is 0 Å². The summed E-state index contributed by atoms with van der Waals surface area (Å²) in [4.78, 5) is 48.6. The summed E-state index contributed by atoms with van der Waals surface area (Å²) in [6.07, 6.45) is -16.3. The summed E-state index contributed by atoms with van der Waals surface area (Å²) in [6.45, 7) is 0. The van der Waals surface area contributed by atoms with E-state index in [0.29, 0.717) is 0 Å². The molecular weight excluding hydrogens is 644 g/mol. The third-order valence-corrected chi connectivity index (χ3v) is 14.8. The molecule has 5 rings (SSSR count). The van der Waals surface area contributed by atoms with E-state index in [1.165, 1.54) is 0 Å². The van der Waals surface area contributed by atoms with Crippen molar-refractivity contribution in [2.75, 3.05) is 0 Å². The van der Waals surface area contributed by atoms with Gasteiger partial charge in [-0.25, -0.2) is 0 Å². The van der Waals surface area contributed by atoms with Crippen molar-refractivity contribution in [3.8, 4) is 0 Å². The molecule has 8 unspecified atom stereocenters. The maximum absolute atomic E-state index is 12.2. The van der Waals surface area contributed by atoms with Crippen molar-refractivity contribution in [2.24, 2.45) is 0 Å². The Morgan fingerprint density at radius 1 is 0.467 bits per heavy atom. The minimum absolute atomic E-state index is 1.26. The molecule has 5 heterocycles. The van der Waals surface area contributed by atoms with Gasteiger partial charge in [0, 0.05) is 0 Å². The van der Waals surface area contributed by atoms with Crippen molar-refractivity contribution in [2.45, 2.75) is 48.8 Å². The molecule has 2 spiro atoms. The van der Waals surface area contributed by atoms with Gasteiger partial charge in [0.15, 0.2) is 0 Å². The minimum atomic E-state index is -5.34. The van der Waals surface area contributed by atoms with Gasteiger partial charge in [0.05, 0.1) is 0 Å². The fourth-order valence-corrected chi connectivity index (χ4v) is 13.9. The number of carbonyl (C=O) groups is 4. The maximum atomic E-state index is 12.2. The van der Waals surface area contributed by atoms with E-state index >= 15 is 0 Å². The fraction of sp³-hybridized carbons (Fsp3) is 0.667. The number of aliphatic hydroxyl groups excluding tert-OH is 4. The summed E-state index contributed by atoms with van der Waals surface area (Å²) in [5.41, 5.74) is 0. The van der Waals surface area contributed by atoms with Crippen LogP contribution < -0.4 is 0 Å². The Kier molecular flexibility index (Phi) is 4.81. The summed E-state index contributed by atoms with van der Waals surface area (Å²) in [5, 5.41) is 41.4. The predicted molar refractivity (Wildman–Crippen MR) is 79.4 cm³/mol. The number of hydrogen-bond acceptors (Lipinski definition) is 16. The summed E-state index contributed by atoms with van der Waals surface area (Å²) in [7, 11) is 0. The van der Waals surface area contributed by atoms with Gasteiger partial charge >= 0.3 is 177 Å². The van der Waals surface area contributed by atoms with Gasteiger partial charge in [0.25, 0.3) is 0 Å². The van der Waals surface area contributed by atoms with Crippen molar-refractivity contribution >= 4 is 64.8 Å². The molecular formula is C12H12O16Sb2. The fourth-order valence-electron chi connectivity index (χ4n) is 3.16. The molecule has 0 amide bonds. The first-order valence-electron chi connectivity index (χ1n) is 8.22. The number of hydrogen-bond donors (Lipinski definition) is 4.